The van der Waals surface area contributed by atoms with Gasteiger partial charge in [0.2, 0.25) is 0 Å². The number of rotatable bonds is 2. The van der Waals surface area contributed by atoms with Gasteiger partial charge in [-0.05, 0) is 6.08 Å². The van der Waals surface area contributed by atoms with Crippen molar-refractivity contribution in [2.24, 2.45) is 11.7 Å². The van der Waals surface area contributed by atoms with Gasteiger partial charge in [0.15, 0.2) is 5.76 Å². The highest BCUT2D eigenvalue weighted by atomic mass is 16.5. The first-order valence-electron chi connectivity index (χ1n) is 3.82. The molecule has 0 bridgehead atoms. The maximum atomic E-state index is 10.7. The van der Waals surface area contributed by atoms with Crippen LogP contribution >= 0.6 is 0 Å². The van der Waals surface area contributed by atoms with Crippen LogP contribution in [0.2, 0.25) is 0 Å². The lowest BCUT2D eigenvalue weighted by Crippen LogP contribution is -2.21. The van der Waals surface area contributed by atoms with E-state index in [0.29, 0.717) is 0 Å². The van der Waals surface area contributed by atoms with Crippen molar-refractivity contribution in [2.45, 2.75) is 0 Å². The molecular formula is C9H9NO4. The Morgan fingerprint density at radius 3 is 2.79 bits per heavy atom. The highest BCUT2D eigenvalue weighted by molar-refractivity contribution is 5.83. The average molecular weight is 195 g/mol. The number of hydrogen-bond acceptors (Lipinski definition) is 4. The van der Waals surface area contributed by atoms with Crippen molar-refractivity contribution in [2.75, 3.05) is 7.11 Å². The molecule has 0 saturated heterocycles. The maximum Gasteiger partial charge on any atom is 0.315 e. The molecule has 1 atom stereocenters. The van der Waals surface area contributed by atoms with Gasteiger partial charge in [0, 0.05) is 0 Å². The lowest BCUT2D eigenvalue weighted by molar-refractivity contribution is -0.138. The summed E-state index contributed by atoms with van der Waals surface area (Å²) in [6.45, 7) is 0. The van der Waals surface area contributed by atoms with Crippen LogP contribution in [0.3, 0.4) is 0 Å². The van der Waals surface area contributed by atoms with Crippen LogP contribution in [0.25, 0.3) is 0 Å². The van der Waals surface area contributed by atoms with Crippen molar-refractivity contribution in [3.63, 3.8) is 0 Å². The molecule has 0 radical (unpaired) electrons. The fourth-order valence-corrected chi connectivity index (χ4v) is 1.21. The molecule has 0 aromatic heterocycles. The largest absolute Gasteiger partial charge is 0.493 e. The third kappa shape index (κ3) is 1.53. The first-order chi connectivity index (χ1) is 6.61. The van der Waals surface area contributed by atoms with E-state index in [4.69, 9.17) is 15.6 Å². The SMILES string of the molecule is COC1=C(N)C=CC(C(=O)O)C1=C=O. The molecule has 1 rings (SSSR count). The van der Waals surface area contributed by atoms with E-state index < -0.39 is 11.9 Å². The molecule has 0 aromatic rings. The van der Waals surface area contributed by atoms with Crippen LogP contribution in [0, 0.1) is 5.92 Å². The van der Waals surface area contributed by atoms with E-state index in [2.05, 4.69) is 0 Å². The van der Waals surface area contributed by atoms with E-state index >= 15 is 0 Å². The predicted octanol–water partition coefficient (Wildman–Crippen LogP) is -0.168. The molecular weight excluding hydrogens is 186 g/mol. The Balaban J connectivity index is 3.21. The number of carboxylic acids is 1. The zero-order chi connectivity index (χ0) is 10.7. The normalized spacial score (nSPS) is 20.6. The molecule has 0 aliphatic heterocycles. The summed E-state index contributed by atoms with van der Waals surface area (Å²) in [6.07, 6.45) is 2.72. The summed E-state index contributed by atoms with van der Waals surface area (Å²) in [4.78, 5) is 21.3. The number of nitrogens with two attached hydrogens (primary N) is 1. The Hall–Kier alpha value is -2.00. The van der Waals surface area contributed by atoms with Crippen molar-refractivity contribution in [1.82, 2.24) is 0 Å². The lowest BCUT2D eigenvalue weighted by Gasteiger charge is -2.17. The van der Waals surface area contributed by atoms with Gasteiger partial charge in [0.25, 0.3) is 0 Å². The minimum Gasteiger partial charge on any atom is -0.493 e. The molecule has 14 heavy (non-hydrogen) atoms. The molecule has 0 saturated carbocycles. The molecule has 3 N–H and O–H groups in total. The van der Waals surface area contributed by atoms with Crippen molar-refractivity contribution in [1.29, 1.82) is 0 Å². The number of hydrogen-bond donors (Lipinski definition) is 2. The Labute approximate surface area is 80.2 Å². The zero-order valence-electron chi connectivity index (χ0n) is 7.48. The summed E-state index contributed by atoms with van der Waals surface area (Å²) < 4.78 is 4.83. The second-order valence-electron chi connectivity index (χ2n) is 2.68. The van der Waals surface area contributed by atoms with Crippen molar-refractivity contribution >= 4 is 11.9 Å². The number of allylic oxidation sites excluding steroid dienone is 2. The predicted molar refractivity (Wildman–Crippen MR) is 47.7 cm³/mol. The number of carboxylic acid groups (broad SMARTS) is 1. The number of carbonyl (C=O) groups is 1. The molecule has 1 unspecified atom stereocenters. The van der Waals surface area contributed by atoms with Crippen LogP contribution in [-0.4, -0.2) is 24.1 Å². The number of ether oxygens (including phenoxy) is 1. The van der Waals surface area contributed by atoms with Gasteiger partial charge < -0.3 is 15.6 Å². The van der Waals surface area contributed by atoms with Crippen molar-refractivity contribution in [3.05, 3.63) is 29.2 Å². The van der Waals surface area contributed by atoms with Gasteiger partial charge in [0.05, 0.1) is 18.4 Å². The van der Waals surface area contributed by atoms with E-state index in [9.17, 15) is 9.59 Å². The summed E-state index contributed by atoms with van der Waals surface area (Å²) >= 11 is 0. The topological polar surface area (TPSA) is 89.6 Å². The quantitative estimate of drug-likeness (QED) is 0.597. The van der Waals surface area contributed by atoms with E-state index in [0.717, 1.165) is 0 Å². The summed E-state index contributed by atoms with van der Waals surface area (Å²) in [5.74, 6) is -0.553. The Morgan fingerprint density at radius 2 is 2.36 bits per heavy atom. The van der Waals surface area contributed by atoms with Gasteiger partial charge in [0.1, 0.15) is 11.9 Å². The van der Waals surface area contributed by atoms with Gasteiger partial charge in [-0.1, -0.05) is 6.08 Å². The van der Waals surface area contributed by atoms with Crippen LogP contribution < -0.4 is 5.73 Å². The molecule has 0 heterocycles. The highest BCUT2D eigenvalue weighted by Gasteiger charge is 2.28. The van der Waals surface area contributed by atoms with Gasteiger partial charge in [-0.3, -0.25) is 4.79 Å². The van der Waals surface area contributed by atoms with Gasteiger partial charge in [-0.25, -0.2) is 4.79 Å². The average Bonchev–Trinajstić information content (AvgIpc) is 2.16. The molecule has 0 aromatic carbocycles. The number of aliphatic carboxylic acids is 1. The van der Waals surface area contributed by atoms with Crippen LogP contribution in [0.1, 0.15) is 0 Å². The van der Waals surface area contributed by atoms with E-state index in [1.165, 1.54) is 25.2 Å². The van der Waals surface area contributed by atoms with Gasteiger partial charge in [-0.15, -0.1) is 0 Å². The third-order valence-corrected chi connectivity index (χ3v) is 1.87. The van der Waals surface area contributed by atoms with Crippen LogP contribution in [-0.2, 0) is 14.3 Å². The second kappa shape index (κ2) is 3.81. The van der Waals surface area contributed by atoms with E-state index in [1.54, 1.807) is 0 Å². The highest BCUT2D eigenvalue weighted by Crippen LogP contribution is 2.26. The minimum atomic E-state index is -1.14. The van der Waals surface area contributed by atoms with E-state index in [-0.39, 0.29) is 17.0 Å². The molecule has 5 heteroatoms. The minimum absolute atomic E-state index is 0.0786. The summed E-state index contributed by atoms with van der Waals surface area (Å²) in [7, 11) is 1.32. The van der Waals surface area contributed by atoms with Crippen LogP contribution in [0.5, 0.6) is 0 Å². The lowest BCUT2D eigenvalue weighted by atomic mass is 9.93. The van der Waals surface area contributed by atoms with E-state index in [1.807, 2.05) is 0 Å². The van der Waals surface area contributed by atoms with Gasteiger partial charge >= 0.3 is 5.97 Å². The van der Waals surface area contributed by atoms with Gasteiger partial charge in [-0.2, -0.15) is 0 Å². The molecule has 5 nitrogen and oxygen atoms in total. The first-order valence-corrected chi connectivity index (χ1v) is 3.82. The van der Waals surface area contributed by atoms with Crippen LogP contribution in [0.4, 0.5) is 0 Å². The Morgan fingerprint density at radius 1 is 1.71 bits per heavy atom. The first kappa shape index (κ1) is 10.1. The fourth-order valence-electron chi connectivity index (χ4n) is 1.21. The molecule has 0 amide bonds. The molecule has 1 aliphatic carbocycles. The fraction of sp³-hybridized carbons (Fsp3) is 0.222. The van der Waals surface area contributed by atoms with Crippen molar-refractivity contribution in [3.8, 4) is 0 Å². The number of methoxy groups -OCH3 is 1. The van der Waals surface area contributed by atoms with Crippen LogP contribution in [0.15, 0.2) is 29.2 Å². The third-order valence-electron chi connectivity index (χ3n) is 1.87. The summed E-state index contributed by atoms with van der Waals surface area (Å²) in [6, 6.07) is 0. The Kier molecular flexibility index (Phi) is 2.74. The zero-order valence-corrected chi connectivity index (χ0v) is 7.48. The summed E-state index contributed by atoms with van der Waals surface area (Å²) in [5, 5.41) is 8.77. The molecule has 0 fully saturated rings. The standard InChI is InChI=1S/C9H9NO4/c1-14-8-6(4-11)5(9(12)13)2-3-7(8)10/h2-3,5H,10H2,1H3,(H,12,13). The molecule has 1 aliphatic rings. The molecule has 0 spiro atoms. The summed E-state index contributed by atoms with van der Waals surface area (Å²) in [5.41, 5.74) is 5.63. The number of carbonyl (C=O) groups excluding carboxylic acids is 1. The Bertz CT molecular complexity index is 374. The maximum absolute atomic E-state index is 10.7. The monoisotopic (exact) mass is 195 g/mol. The second-order valence-corrected chi connectivity index (χ2v) is 2.68. The molecule has 74 valence electrons. The smallest absolute Gasteiger partial charge is 0.315 e. The van der Waals surface area contributed by atoms with Crippen molar-refractivity contribution < 1.29 is 19.4 Å².